The lowest BCUT2D eigenvalue weighted by molar-refractivity contribution is -0.127. The molecule has 0 aromatic carbocycles. The van der Waals surface area contributed by atoms with Crippen molar-refractivity contribution in [2.45, 2.75) is 188 Å². The predicted molar refractivity (Wildman–Crippen MR) is 170 cm³/mol. The number of amides is 1. The Morgan fingerprint density at radius 3 is 1.54 bits per heavy atom. The van der Waals surface area contributed by atoms with Crippen molar-refractivity contribution >= 4 is 18.0 Å². The summed E-state index contributed by atoms with van der Waals surface area (Å²) in [5, 5.41) is 0. The van der Waals surface area contributed by atoms with Crippen LogP contribution in [0.1, 0.15) is 188 Å². The number of carbonyl (C=O) groups excluding carboxylic acids is 2. The van der Waals surface area contributed by atoms with Crippen molar-refractivity contribution in [1.82, 2.24) is 4.90 Å². The van der Waals surface area contributed by atoms with Gasteiger partial charge in [-0.3, -0.25) is 14.7 Å². The Balaban J connectivity index is 2.22. The van der Waals surface area contributed by atoms with Crippen LogP contribution in [0, 0.1) is 5.41 Å². The molecule has 1 unspecified atom stereocenters. The van der Waals surface area contributed by atoms with Crippen LogP contribution in [0.4, 0.5) is 0 Å². The summed E-state index contributed by atoms with van der Waals surface area (Å²) in [6.07, 6.45) is 33.3. The lowest BCUT2D eigenvalue weighted by Crippen LogP contribution is -2.43. The number of aliphatic imine (C=N–C) groups is 1. The first-order chi connectivity index (χ1) is 19.1. The number of nitrogens with zero attached hydrogens (tertiary/aromatic N) is 2. The van der Waals surface area contributed by atoms with E-state index in [9.17, 15) is 9.59 Å². The molecule has 1 amide bonds. The Morgan fingerprint density at radius 1 is 0.692 bits per heavy atom. The molecule has 4 heteroatoms. The Hall–Kier alpha value is -1.19. The van der Waals surface area contributed by atoms with Gasteiger partial charge in [-0.25, -0.2) is 0 Å². The van der Waals surface area contributed by atoms with Crippen molar-refractivity contribution in [3.05, 3.63) is 0 Å². The number of carbonyl (C=O) groups is 2. The summed E-state index contributed by atoms with van der Waals surface area (Å²) in [4.78, 5) is 31.4. The number of unbranched alkanes of at least 4 members (excludes halogenated alkanes) is 21. The van der Waals surface area contributed by atoms with Crippen LogP contribution >= 0.6 is 0 Å². The first-order valence-corrected chi connectivity index (χ1v) is 17.4. The topological polar surface area (TPSA) is 49.7 Å². The number of hydrogen-bond acceptors (Lipinski definition) is 3. The van der Waals surface area contributed by atoms with Crippen LogP contribution in [0.3, 0.4) is 0 Å². The van der Waals surface area contributed by atoms with E-state index in [1.807, 2.05) is 4.90 Å². The molecule has 0 bridgehead atoms. The fraction of sp³-hybridized carbons (Fsp3) is 0.914. The van der Waals surface area contributed by atoms with Crippen LogP contribution in [-0.4, -0.2) is 36.0 Å². The van der Waals surface area contributed by atoms with Crippen LogP contribution in [-0.2, 0) is 9.59 Å². The third-order valence-electron chi connectivity index (χ3n) is 8.79. The van der Waals surface area contributed by atoms with E-state index in [1.165, 1.54) is 128 Å². The van der Waals surface area contributed by atoms with Gasteiger partial charge < -0.3 is 4.79 Å². The second kappa shape index (κ2) is 24.6. The molecule has 1 atom stereocenters. The van der Waals surface area contributed by atoms with Crippen LogP contribution in [0.15, 0.2) is 4.99 Å². The van der Waals surface area contributed by atoms with E-state index in [4.69, 9.17) is 4.99 Å². The molecule has 0 aromatic rings. The van der Waals surface area contributed by atoms with Gasteiger partial charge in [-0.15, -0.1) is 0 Å². The Labute approximate surface area is 243 Å². The van der Waals surface area contributed by atoms with E-state index in [1.54, 1.807) is 0 Å². The minimum atomic E-state index is -0.302. The van der Waals surface area contributed by atoms with Gasteiger partial charge in [0, 0.05) is 24.8 Å². The normalized spacial score (nSPS) is 14.9. The molecule has 0 spiro atoms. The molecule has 39 heavy (non-hydrogen) atoms. The van der Waals surface area contributed by atoms with Crippen LogP contribution < -0.4 is 0 Å². The molecule has 1 aliphatic rings. The third-order valence-corrected chi connectivity index (χ3v) is 8.79. The van der Waals surface area contributed by atoms with E-state index in [0.29, 0.717) is 25.9 Å². The highest BCUT2D eigenvalue weighted by molar-refractivity contribution is 6.02. The molecule has 0 radical (unpaired) electrons. The monoisotopic (exact) mass is 547 g/mol. The van der Waals surface area contributed by atoms with Gasteiger partial charge in [0.15, 0.2) is 0 Å². The van der Waals surface area contributed by atoms with E-state index in [-0.39, 0.29) is 11.3 Å². The SMILES string of the molecule is CCCCCCCCCCCCCCCC(=O)N1CCN=C1C(C)(CC=O)CCCCCCCCCCCC. The third kappa shape index (κ3) is 17.3. The molecule has 0 saturated heterocycles. The molecule has 1 rings (SSSR count). The highest BCUT2D eigenvalue weighted by Gasteiger charge is 2.38. The summed E-state index contributed by atoms with van der Waals surface area (Å²) >= 11 is 0. The molecule has 0 fully saturated rings. The molecule has 4 nitrogen and oxygen atoms in total. The zero-order valence-electron chi connectivity index (χ0n) is 26.6. The molecular formula is C35H66N2O2. The molecule has 1 aliphatic heterocycles. The van der Waals surface area contributed by atoms with Gasteiger partial charge in [-0.2, -0.15) is 0 Å². The minimum Gasteiger partial charge on any atom is -0.303 e. The van der Waals surface area contributed by atoms with Crippen LogP contribution in [0.25, 0.3) is 0 Å². The van der Waals surface area contributed by atoms with Gasteiger partial charge in [0.25, 0.3) is 0 Å². The van der Waals surface area contributed by atoms with Gasteiger partial charge in [0.2, 0.25) is 5.91 Å². The van der Waals surface area contributed by atoms with Crippen molar-refractivity contribution in [3.63, 3.8) is 0 Å². The number of aldehydes is 1. The standard InChI is InChI=1S/C35H66N2O2/c1-4-6-8-10-12-14-16-17-18-19-21-23-25-27-33(39)37-31-30-36-34(37)35(3,29-32-38)28-26-24-22-20-15-13-11-9-7-5-2/h32H,4-31H2,1-3H3. The zero-order valence-corrected chi connectivity index (χ0v) is 26.6. The predicted octanol–water partition coefficient (Wildman–Crippen LogP) is 10.6. The number of rotatable bonds is 28. The van der Waals surface area contributed by atoms with Crippen molar-refractivity contribution in [2.24, 2.45) is 10.4 Å². The molecule has 0 aliphatic carbocycles. The number of amidine groups is 1. The molecule has 1 heterocycles. The lowest BCUT2D eigenvalue weighted by Gasteiger charge is -2.33. The Bertz CT molecular complexity index is 632. The van der Waals surface area contributed by atoms with Crippen molar-refractivity contribution in [2.75, 3.05) is 13.1 Å². The fourth-order valence-corrected chi connectivity index (χ4v) is 6.13. The summed E-state index contributed by atoms with van der Waals surface area (Å²) in [5.74, 6) is 1.11. The quantitative estimate of drug-likeness (QED) is 0.0723. The van der Waals surface area contributed by atoms with Crippen LogP contribution in [0.5, 0.6) is 0 Å². The van der Waals surface area contributed by atoms with E-state index >= 15 is 0 Å². The lowest BCUT2D eigenvalue weighted by atomic mass is 9.80. The van der Waals surface area contributed by atoms with Gasteiger partial charge in [-0.05, 0) is 12.8 Å². The second-order valence-corrected chi connectivity index (χ2v) is 12.6. The summed E-state index contributed by atoms with van der Waals surface area (Å²) in [6.45, 7) is 8.08. The first kappa shape index (κ1) is 35.8. The highest BCUT2D eigenvalue weighted by Crippen LogP contribution is 2.34. The van der Waals surface area contributed by atoms with E-state index in [2.05, 4.69) is 20.8 Å². The van der Waals surface area contributed by atoms with Crippen molar-refractivity contribution in [3.8, 4) is 0 Å². The molecule has 228 valence electrons. The fourth-order valence-electron chi connectivity index (χ4n) is 6.13. The maximum absolute atomic E-state index is 13.1. The van der Waals surface area contributed by atoms with E-state index < -0.39 is 0 Å². The molecule has 0 saturated carbocycles. The van der Waals surface area contributed by atoms with Crippen LogP contribution in [0.2, 0.25) is 0 Å². The van der Waals surface area contributed by atoms with Crippen molar-refractivity contribution in [1.29, 1.82) is 0 Å². The average Bonchev–Trinajstić information content (AvgIpc) is 3.44. The largest absolute Gasteiger partial charge is 0.303 e. The highest BCUT2D eigenvalue weighted by atomic mass is 16.2. The van der Waals surface area contributed by atoms with Gasteiger partial charge in [0.05, 0.1) is 6.54 Å². The Morgan fingerprint density at radius 2 is 1.10 bits per heavy atom. The minimum absolute atomic E-state index is 0.217. The smallest absolute Gasteiger partial charge is 0.227 e. The van der Waals surface area contributed by atoms with E-state index in [0.717, 1.165) is 37.8 Å². The van der Waals surface area contributed by atoms with Gasteiger partial charge in [-0.1, -0.05) is 162 Å². The molecular weight excluding hydrogens is 480 g/mol. The summed E-state index contributed by atoms with van der Waals surface area (Å²) in [7, 11) is 0. The van der Waals surface area contributed by atoms with Crippen molar-refractivity contribution < 1.29 is 9.59 Å². The number of hydrogen-bond donors (Lipinski definition) is 0. The molecule has 0 N–H and O–H groups in total. The van der Waals surface area contributed by atoms with Gasteiger partial charge in [0.1, 0.15) is 12.1 Å². The second-order valence-electron chi connectivity index (χ2n) is 12.6. The van der Waals surface area contributed by atoms with Gasteiger partial charge >= 0.3 is 0 Å². The maximum atomic E-state index is 13.1. The summed E-state index contributed by atoms with van der Waals surface area (Å²) in [6, 6.07) is 0. The average molecular weight is 547 g/mol. The Kier molecular flexibility index (Phi) is 22.6. The maximum Gasteiger partial charge on any atom is 0.227 e. The first-order valence-electron chi connectivity index (χ1n) is 17.4. The summed E-state index contributed by atoms with van der Waals surface area (Å²) in [5.41, 5.74) is -0.302. The molecule has 0 aromatic heterocycles. The zero-order chi connectivity index (χ0) is 28.4. The summed E-state index contributed by atoms with van der Waals surface area (Å²) < 4.78 is 0.